The van der Waals surface area contributed by atoms with Gasteiger partial charge in [-0.05, 0) is 32.1 Å². The lowest BCUT2D eigenvalue weighted by Gasteiger charge is -2.13. The van der Waals surface area contributed by atoms with Crippen molar-refractivity contribution in [1.82, 2.24) is 20.2 Å². The number of hydrogen-bond acceptors (Lipinski definition) is 5. The summed E-state index contributed by atoms with van der Waals surface area (Å²) in [6.07, 6.45) is 0. The summed E-state index contributed by atoms with van der Waals surface area (Å²) in [7, 11) is 3.94. The molecule has 0 aliphatic rings. The highest BCUT2D eigenvalue weighted by molar-refractivity contribution is 5.93. The Labute approximate surface area is 172 Å². The number of nitrogens with zero attached hydrogens (tertiary/aromatic N) is 3. The van der Waals surface area contributed by atoms with Crippen LogP contribution in [0, 0.1) is 6.92 Å². The van der Waals surface area contributed by atoms with E-state index in [1.165, 1.54) is 11.1 Å². The highest BCUT2D eigenvalue weighted by Gasteiger charge is 2.13. The molecule has 0 fully saturated rings. The van der Waals surface area contributed by atoms with Gasteiger partial charge in [-0.3, -0.25) is 4.79 Å². The van der Waals surface area contributed by atoms with E-state index in [4.69, 9.17) is 0 Å². The molecule has 0 aliphatic heterocycles. The molecule has 1 heterocycles. The van der Waals surface area contributed by atoms with Crippen LogP contribution in [0.3, 0.4) is 0 Å². The summed E-state index contributed by atoms with van der Waals surface area (Å²) in [6, 6.07) is 19.6. The molecular weight excluding hydrogens is 362 g/mol. The molecule has 0 saturated carbocycles. The van der Waals surface area contributed by atoms with E-state index < -0.39 is 0 Å². The number of aryl methyl sites for hydroxylation is 1. The molecule has 0 bridgehead atoms. The van der Waals surface area contributed by atoms with E-state index in [0.29, 0.717) is 30.4 Å². The Kier molecular flexibility index (Phi) is 6.92. The zero-order valence-corrected chi connectivity index (χ0v) is 17.1. The Bertz CT molecular complexity index is 956. The van der Waals surface area contributed by atoms with Gasteiger partial charge in [-0.2, -0.15) is 0 Å². The van der Waals surface area contributed by atoms with Gasteiger partial charge >= 0.3 is 0 Å². The largest absolute Gasteiger partial charge is 0.366 e. The highest BCUT2D eigenvalue weighted by Crippen LogP contribution is 2.19. The van der Waals surface area contributed by atoms with Crippen molar-refractivity contribution >= 4 is 11.7 Å². The Morgan fingerprint density at radius 1 is 1.00 bits per heavy atom. The lowest BCUT2D eigenvalue weighted by molar-refractivity contribution is 0.0946. The fraction of sp³-hybridized carbons (Fsp3) is 0.261. The summed E-state index contributed by atoms with van der Waals surface area (Å²) in [6.45, 7) is 4.03. The van der Waals surface area contributed by atoms with Crippen molar-refractivity contribution in [2.24, 2.45) is 0 Å². The van der Waals surface area contributed by atoms with E-state index in [2.05, 4.69) is 39.7 Å². The molecule has 150 valence electrons. The summed E-state index contributed by atoms with van der Waals surface area (Å²) in [5.74, 6) is 0.948. The first-order valence-electron chi connectivity index (χ1n) is 9.69. The summed E-state index contributed by atoms with van der Waals surface area (Å²) in [5, 5.41) is 6.26. The Morgan fingerprint density at radius 3 is 2.45 bits per heavy atom. The number of benzene rings is 2. The van der Waals surface area contributed by atoms with Gasteiger partial charge in [-0.15, -0.1) is 0 Å². The molecule has 6 heteroatoms. The maximum atomic E-state index is 12.6. The SMILES string of the molecule is Cc1ccccc1CNc1cc(C(=O)NCCN(C)C)nc(-c2ccccc2)n1. The van der Waals surface area contributed by atoms with Crippen molar-refractivity contribution < 1.29 is 4.79 Å². The van der Waals surface area contributed by atoms with Gasteiger partial charge in [0.1, 0.15) is 11.5 Å². The number of carbonyl (C=O) groups is 1. The monoisotopic (exact) mass is 389 g/mol. The van der Waals surface area contributed by atoms with Crippen LogP contribution < -0.4 is 10.6 Å². The van der Waals surface area contributed by atoms with Crippen molar-refractivity contribution in [3.8, 4) is 11.4 Å². The molecule has 3 rings (SSSR count). The van der Waals surface area contributed by atoms with Gasteiger partial charge < -0.3 is 15.5 Å². The molecule has 1 amide bonds. The smallest absolute Gasteiger partial charge is 0.270 e. The standard InChI is InChI=1S/C23H27N5O/c1-17-9-7-8-12-19(17)16-25-21-15-20(23(29)24-13-14-28(2)3)26-22(27-21)18-10-5-4-6-11-18/h4-12,15H,13-14,16H2,1-3H3,(H,24,29)(H,25,26,27). The van der Waals surface area contributed by atoms with Crippen molar-refractivity contribution in [1.29, 1.82) is 0 Å². The number of rotatable bonds is 8. The molecule has 29 heavy (non-hydrogen) atoms. The molecule has 0 spiro atoms. The fourth-order valence-electron chi connectivity index (χ4n) is 2.85. The van der Waals surface area contributed by atoms with Crippen LogP contribution in [0.5, 0.6) is 0 Å². The van der Waals surface area contributed by atoms with Crippen LogP contribution >= 0.6 is 0 Å². The molecule has 0 atom stereocenters. The lowest BCUT2D eigenvalue weighted by Crippen LogP contribution is -2.32. The first-order chi connectivity index (χ1) is 14.0. The average molecular weight is 390 g/mol. The molecule has 0 aliphatic carbocycles. The van der Waals surface area contributed by atoms with E-state index >= 15 is 0 Å². The lowest BCUT2D eigenvalue weighted by atomic mass is 10.1. The average Bonchev–Trinajstić information content (AvgIpc) is 2.73. The Balaban J connectivity index is 1.84. The second kappa shape index (κ2) is 9.80. The van der Waals surface area contributed by atoms with Crippen LogP contribution in [0.1, 0.15) is 21.6 Å². The first-order valence-corrected chi connectivity index (χ1v) is 9.69. The van der Waals surface area contributed by atoms with Crippen LogP contribution in [-0.4, -0.2) is 48.0 Å². The van der Waals surface area contributed by atoms with Crippen LogP contribution in [0.2, 0.25) is 0 Å². The Hall–Kier alpha value is -3.25. The van der Waals surface area contributed by atoms with Crippen molar-refractivity contribution in [3.63, 3.8) is 0 Å². The van der Waals surface area contributed by atoms with E-state index in [1.807, 2.05) is 61.5 Å². The number of aromatic nitrogens is 2. The second-order valence-corrected chi connectivity index (χ2v) is 7.17. The van der Waals surface area contributed by atoms with Gasteiger partial charge in [0, 0.05) is 31.3 Å². The molecule has 2 aromatic carbocycles. The third-order valence-corrected chi connectivity index (χ3v) is 4.56. The number of anilines is 1. The van der Waals surface area contributed by atoms with Crippen molar-refractivity contribution in [2.45, 2.75) is 13.5 Å². The molecule has 2 N–H and O–H groups in total. The summed E-state index contributed by atoms with van der Waals surface area (Å²) in [5.41, 5.74) is 3.61. The zero-order chi connectivity index (χ0) is 20.6. The number of carbonyl (C=O) groups excluding carboxylic acids is 1. The first kappa shape index (κ1) is 20.5. The molecule has 0 unspecified atom stereocenters. The van der Waals surface area contributed by atoms with E-state index in [0.717, 1.165) is 12.1 Å². The highest BCUT2D eigenvalue weighted by atomic mass is 16.1. The maximum Gasteiger partial charge on any atom is 0.270 e. The molecule has 3 aromatic rings. The third kappa shape index (κ3) is 5.86. The number of hydrogen-bond donors (Lipinski definition) is 2. The topological polar surface area (TPSA) is 70.2 Å². The van der Waals surface area contributed by atoms with Gasteiger partial charge in [0.25, 0.3) is 5.91 Å². The van der Waals surface area contributed by atoms with Gasteiger partial charge in [-0.25, -0.2) is 9.97 Å². The summed E-state index contributed by atoms with van der Waals surface area (Å²) < 4.78 is 0. The minimum atomic E-state index is -0.203. The predicted molar refractivity (Wildman–Crippen MR) is 117 cm³/mol. The quantitative estimate of drug-likeness (QED) is 0.618. The summed E-state index contributed by atoms with van der Waals surface area (Å²) in [4.78, 5) is 23.8. The van der Waals surface area contributed by atoms with Crippen LogP contribution in [-0.2, 0) is 6.54 Å². The normalized spacial score (nSPS) is 10.8. The second-order valence-electron chi connectivity index (χ2n) is 7.17. The number of nitrogens with one attached hydrogen (secondary N) is 2. The van der Waals surface area contributed by atoms with Crippen molar-refractivity contribution in [3.05, 3.63) is 77.5 Å². The van der Waals surface area contributed by atoms with Gasteiger partial charge in [0.2, 0.25) is 0 Å². The molecular formula is C23H27N5O. The molecule has 0 radical (unpaired) electrons. The van der Waals surface area contributed by atoms with E-state index in [9.17, 15) is 4.79 Å². The van der Waals surface area contributed by atoms with Crippen molar-refractivity contribution in [2.75, 3.05) is 32.5 Å². The van der Waals surface area contributed by atoms with Gasteiger partial charge in [0.15, 0.2) is 5.82 Å². The fourth-order valence-corrected chi connectivity index (χ4v) is 2.85. The maximum absolute atomic E-state index is 12.6. The molecule has 0 saturated heterocycles. The minimum absolute atomic E-state index is 0.203. The van der Waals surface area contributed by atoms with Crippen LogP contribution in [0.4, 0.5) is 5.82 Å². The zero-order valence-electron chi connectivity index (χ0n) is 17.1. The van der Waals surface area contributed by atoms with Gasteiger partial charge in [0.05, 0.1) is 0 Å². The number of amides is 1. The number of likely N-dealkylation sites (N-methyl/N-ethyl adjacent to an activating group) is 1. The Morgan fingerprint density at radius 2 is 1.72 bits per heavy atom. The summed E-state index contributed by atoms with van der Waals surface area (Å²) >= 11 is 0. The molecule has 6 nitrogen and oxygen atoms in total. The third-order valence-electron chi connectivity index (χ3n) is 4.56. The van der Waals surface area contributed by atoms with Crippen LogP contribution in [0.15, 0.2) is 60.7 Å². The van der Waals surface area contributed by atoms with Crippen LogP contribution in [0.25, 0.3) is 11.4 Å². The van der Waals surface area contributed by atoms with E-state index in [1.54, 1.807) is 6.07 Å². The minimum Gasteiger partial charge on any atom is -0.366 e. The van der Waals surface area contributed by atoms with E-state index in [-0.39, 0.29) is 5.91 Å². The molecule has 1 aromatic heterocycles. The van der Waals surface area contributed by atoms with Gasteiger partial charge in [-0.1, -0.05) is 54.6 Å². The predicted octanol–water partition coefficient (Wildman–Crippen LogP) is 3.36.